The number of benzene rings is 1. The van der Waals surface area contributed by atoms with Crippen molar-refractivity contribution in [3.05, 3.63) is 46.9 Å². The molecule has 2 N–H and O–H groups in total. The Hall–Kier alpha value is -2.37. The Kier molecular flexibility index (Phi) is 2.93. The highest BCUT2D eigenvalue weighted by atomic mass is 19.1. The summed E-state index contributed by atoms with van der Waals surface area (Å²) in [6.07, 6.45) is 0.574. The summed E-state index contributed by atoms with van der Waals surface area (Å²) in [5, 5.41) is 16.8. The van der Waals surface area contributed by atoms with Gasteiger partial charge in [0.1, 0.15) is 17.2 Å². The molecule has 1 aromatic carbocycles. The van der Waals surface area contributed by atoms with Crippen molar-refractivity contribution >= 4 is 11.8 Å². The third-order valence-electron chi connectivity index (χ3n) is 3.51. The summed E-state index contributed by atoms with van der Waals surface area (Å²) in [6.45, 7) is 2.42. The first-order valence-electron chi connectivity index (χ1n) is 6.45. The zero-order valence-electron chi connectivity index (χ0n) is 10.9. The zero-order valence-corrected chi connectivity index (χ0v) is 10.9. The summed E-state index contributed by atoms with van der Waals surface area (Å²) in [7, 11) is 0. The molecule has 20 heavy (non-hydrogen) atoms. The number of fused-ring (bicyclic) bond motifs is 1. The minimum atomic E-state index is -0.977. The predicted octanol–water partition coefficient (Wildman–Crippen LogP) is 2.45. The van der Waals surface area contributed by atoms with Gasteiger partial charge >= 0.3 is 5.97 Å². The maximum atomic E-state index is 12.9. The predicted molar refractivity (Wildman–Crippen MR) is 71.3 cm³/mol. The molecule has 3 rings (SSSR count). The quantitative estimate of drug-likeness (QED) is 0.903. The van der Waals surface area contributed by atoms with Crippen LogP contribution in [0.25, 0.3) is 0 Å². The summed E-state index contributed by atoms with van der Waals surface area (Å²) < 4.78 is 14.6. The van der Waals surface area contributed by atoms with Crippen LogP contribution in [0.2, 0.25) is 0 Å². The number of carboxylic acids is 1. The molecule has 1 aliphatic rings. The van der Waals surface area contributed by atoms with E-state index in [0.29, 0.717) is 24.5 Å². The van der Waals surface area contributed by atoms with Crippen LogP contribution in [0, 0.1) is 5.82 Å². The van der Waals surface area contributed by atoms with Crippen molar-refractivity contribution in [1.82, 2.24) is 9.78 Å². The van der Waals surface area contributed by atoms with Gasteiger partial charge in [0.05, 0.1) is 18.3 Å². The second-order valence-electron chi connectivity index (χ2n) is 4.76. The molecule has 0 saturated carbocycles. The summed E-state index contributed by atoms with van der Waals surface area (Å²) in [4.78, 5) is 11.3. The molecule has 5 nitrogen and oxygen atoms in total. The zero-order chi connectivity index (χ0) is 14.3. The monoisotopic (exact) mass is 275 g/mol. The molecule has 1 aromatic heterocycles. The molecule has 0 amide bonds. The fourth-order valence-electron chi connectivity index (χ4n) is 2.53. The lowest BCUT2D eigenvalue weighted by atomic mass is 10.1. The Morgan fingerprint density at radius 2 is 2.20 bits per heavy atom. The number of hydrogen-bond acceptors (Lipinski definition) is 3. The molecule has 104 valence electrons. The number of carboxylic acid groups (broad SMARTS) is 1. The molecule has 0 fully saturated rings. The highest BCUT2D eigenvalue weighted by Gasteiger charge is 2.30. The van der Waals surface area contributed by atoms with Gasteiger partial charge in [-0.05, 0) is 24.1 Å². The summed E-state index contributed by atoms with van der Waals surface area (Å²) in [5.74, 6) is -0.733. The number of carbonyl (C=O) groups is 1. The number of halogens is 1. The van der Waals surface area contributed by atoms with Crippen LogP contribution in [-0.4, -0.2) is 20.9 Å². The molecular weight excluding hydrogens is 261 g/mol. The number of anilines is 1. The number of aromatic carboxylic acids is 1. The van der Waals surface area contributed by atoms with Crippen LogP contribution >= 0.6 is 0 Å². The van der Waals surface area contributed by atoms with E-state index in [1.165, 1.54) is 12.1 Å². The summed E-state index contributed by atoms with van der Waals surface area (Å²) in [6, 6.07) is 6.10. The number of aryl methyl sites for hydroxylation is 1. The van der Waals surface area contributed by atoms with E-state index in [9.17, 15) is 14.3 Å². The van der Waals surface area contributed by atoms with Gasteiger partial charge in [-0.2, -0.15) is 5.10 Å². The van der Waals surface area contributed by atoms with Crippen LogP contribution < -0.4 is 5.32 Å². The van der Waals surface area contributed by atoms with Crippen LogP contribution in [0.3, 0.4) is 0 Å². The first-order chi connectivity index (χ1) is 9.60. The Morgan fingerprint density at radius 3 is 2.80 bits per heavy atom. The van der Waals surface area contributed by atoms with Gasteiger partial charge in [0.25, 0.3) is 0 Å². The Bertz CT molecular complexity index is 664. The fourth-order valence-corrected chi connectivity index (χ4v) is 2.53. The molecular formula is C14H14FN3O2. The number of hydrogen-bond donors (Lipinski definition) is 2. The first kappa shape index (κ1) is 12.7. The Balaban J connectivity index is 1.93. The summed E-state index contributed by atoms with van der Waals surface area (Å²) in [5.41, 5.74) is 1.72. The second-order valence-corrected chi connectivity index (χ2v) is 4.76. The molecule has 0 spiro atoms. The first-order valence-corrected chi connectivity index (χ1v) is 6.45. The lowest BCUT2D eigenvalue weighted by Gasteiger charge is -2.11. The van der Waals surface area contributed by atoms with E-state index in [-0.39, 0.29) is 17.4 Å². The van der Waals surface area contributed by atoms with E-state index in [1.54, 1.807) is 16.8 Å². The van der Waals surface area contributed by atoms with E-state index in [1.807, 2.05) is 6.92 Å². The summed E-state index contributed by atoms with van der Waals surface area (Å²) >= 11 is 0. The van der Waals surface area contributed by atoms with Crippen LogP contribution in [0.5, 0.6) is 0 Å². The van der Waals surface area contributed by atoms with Crippen molar-refractivity contribution < 1.29 is 14.3 Å². The third kappa shape index (κ3) is 1.93. The molecule has 1 unspecified atom stereocenters. The minimum Gasteiger partial charge on any atom is -0.477 e. The molecule has 0 radical (unpaired) electrons. The van der Waals surface area contributed by atoms with Crippen LogP contribution in [0.4, 0.5) is 10.2 Å². The smallest absolute Gasteiger partial charge is 0.341 e. The lowest BCUT2D eigenvalue weighted by molar-refractivity contribution is 0.0697. The molecule has 0 saturated heterocycles. The maximum absolute atomic E-state index is 12.9. The van der Waals surface area contributed by atoms with Gasteiger partial charge in [0.2, 0.25) is 0 Å². The largest absolute Gasteiger partial charge is 0.477 e. The van der Waals surface area contributed by atoms with Crippen molar-refractivity contribution in [2.75, 3.05) is 5.32 Å². The highest BCUT2D eigenvalue weighted by Crippen LogP contribution is 2.33. The molecule has 0 bridgehead atoms. The van der Waals surface area contributed by atoms with E-state index in [2.05, 4.69) is 10.4 Å². The topological polar surface area (TPSA) is 67.2 Å². The van der Waals surface area contributed by atoms with Crippen molar-refractivity contribution in [2.24, 2.45) is 0 Å². The molecule has 1 aliphatic heterocycles. The number of nitrogens with zero attached hydrogens (tertiary/aromatic N) is 2. The van der Waals surface area contributed by atoms with Crippen LogP contribution in [-0.2, 0) is 13.0 Å². The Labute approximate surface area is 115 Å². The average Bonchev–Trinajstić information content (AvgIpc) is 2.95. The molecule has 1 atom stereocenters. The van der Waals surface area contributed by atoms with Crippen molar-refractivity contribution in [3.8, 4) is 0 Å². The van der Waals surface area contributed by atoms with Crippen molar-refractivity contribution in [2.45, 2.75) is 25.9 Å². The third-order valence-corrected chi connectivity index (χ3v) is 3.51. The maximum Gasteiger partial charge on any atom is 0.341 e. The van der Waals surface area contributed by atoms with E-state index in [4.69, 9.17) is 0 Å². The lowest BCUT2D eigenvalue weighted by Crippen LogP contribution is -2.10. The molecule has 2 heterocycles. The fraction of sp³-hybridized carbons (Fsp3) is 0.286. The number of aromatic nitrogens is 2. The van der Waals surface area contributed by atoms with Gasteiger partial charge in [-0.1, -0.05) is 19.1 Å². The van der Waals surface area contributed by atoms with Gasteiger partial charge in [-0.3, -0.25) is 0 Å². The Morgan fingerprint density at radius 1 is 1.50 bits per heavy atom. The van der Waals surface area contributed by atoms with Gasteiger partial charge in [-0.25, -0.2) is 13.9 Å². The van der Waals surface area contributed by atoms with Crippen LogP contribution in [0.1, 0.15) is 34.6 Å². The van der Waals surface area contributed by atoms with E-state index >= 15 is 0 Å². The number of rotatable bonds is 3. The van der Waals surface area contributed by atoms with Crippen molar-refractivity contribution in [3.63, 3.8) is 0 Å². The van der Waals surface area contributed by atoms with Gasteiger partial charge in [0, 0.05) is 0 Å². The van der Waals surface area contributed by atoms with Crippen molar-refractivity contribution in [1.29, 1.82) is 0 Å². The van der Waals surface area contributed by atoms with E-state index < -0.39 is 5.97 Å². The molecule has 0 aliphatic carbocycles. The SMILES string of the molecule is CCc1nn2c(c1C(=O)O)NC(c1ccc(F)cc1)C2. The number of nitrogens with one attached hydrogen (secondary N) is 1. The standard InChI is InChI=1S/C14H14FN3O2/c1-2-10-12(14(19)20)13-16-11(7-18(13)17-10)8-3-5-9(15)6-4-8/h3-6,11,16H,2,7H2,1H3,(H,19,20). The van der Waals surface area contributed by atoms with Gasteiger partial charge in [0.15, 0.2) is 0 Å². The molecule has 2 aromatic rings. The van der Waals surface area contributed by atoms with E-state index in [0.717, 1.165) is 5.56 Å². The van der Waals surface area contributed by atoms with Gasteiger partial charge in [-0.15, -0.1) is 0 Å². The molecule has 6 heteroatoms. The normalized spacial score (nSPS) is 16.8. The van der Waals surface area contributed by atoms with Crippen LogP contribution in [0.15, 0.2) is 24.3 Å². The van der Waals surface area contributed by atoms with Gasteiger partial charge < -0.3 is 10.4 Å². The minimum absolute atomic E-state index is 0.0814. The highest BCUT2D eigenvalue weighted by molar-refractivity contribution is 5.95. The average molecular weight is 275 g/mol. The second kappa shape index (κ2) is 4.63.